The van der Waals surface area contributed by atoms with Crippen LogP contribution in [0.5, 0.6) is 0 Å². The first-order chi connectivity index (χ1) is 14.0. The minimum Gasteiger partial charge on any atom is -0.350 e. The number of rotatable bonds is 4. The highest BCUT2D eigenvalue weighted by molar-refractivity contribution is 6.46. The quantitative estimate of drug-likeness (QED) is 0.607. The average molecular weight is 407 g/mol. The van der Waals surface area contributed by atoms with Crippen molar-refractivity contribution in [2.45, 2.75) is 6.92 Å². The summed E-state index contributed by atoms with van der Waals surface area (Å²) in [6.07, 6.45) is 0. The summed E-state index contributed by atoms with van der Waals surface area (Å²) < 4.78 is 13.4. The Morgan fingerprint density at radius 2 is 1.59 bits per heavy atom. The molecule has 4 nitrogen and oxygen atoms in total. The molecule has 3 aromatic carbocycles. The fraction of sp³-hybridized carbons (Fsp3) is 0.0435. The number of hydrogen-bond donors (Lipinski definition) is 1. The van der Waals surface area contributed by atoms with Gasteiger partial charge in [0.25, 0.3) is 11.8 Å². The standard InChI is InChI=1S/C23H16ClFN2O2/c1-14-7-12-17(13-19(14)24)26-21-20(15-8-10-16(25)11-9-15)22(28)27(23(21)29)18-5-3-2-4-6-18/h2-13,26H,1H3. The molecular formula is C23H16ClFN2O2. The van der Waals surface area contributed by atoms with E-state index in [-0.39, 0.29) is 11.3 Å². The second kappa shape index (κ2) is 7.53. The van der Waals surface area contributed by atoms with E-state index in [0.717, 1.165) is 10.5 Å². The first-order valence-electron chi connectivity index (χ1n) is 8.93. The van der Waals surface area contributed by atoms with Crippen LogP contribution in [0.15, 0.2) is 78.5 Å². The number of amides is 2. The predicted molar refractivity (Wildman–Crippen MR) is 112 cm³/mol. The number of carbonyl (C=O) groups excluding carboxylic acids is 2. The fourth-order valence-electron chi connectivity index (χ4n) is 3.16. The number of imide groups is 1. The summed E-state index contributed by atoms with van der Waals surface area (Å²) >= 11 is 6.20. The van der Waals surface area contributed by atoms with Crippen LogP contribution in [-0.2, 0) is 9.59 Å². The van der Waals surface area contributed by atoms with E-state index in [1.54, 1.807) is 42.5 Å². The van der Waals surface area contributed by atoms with Crippen LogP contribution in [0.3, 0.4) is 0 Å². The van der Waals surface area contributed by atoms with Crippen molar-refractivity contribution >= 4 is 40.4 Å². The molecule has 2 amide bonds. The molecule has 3 aromatic rings. The molecule has 144 valence electrons. The molecule has 1 N–H and O–H groups in total. The second-order valence-corrected chi connectivity index (χ2v) is 7.03. The van der Waals surface area contributed by atoms with Crippen molar-refractivity contribution in [2.24, 2.45) is 0 Å². The number of hydrogen-bond acceptors (Lipinski definition) is 3. The SMILES string of the molecule is Cc1ccc(NC2=C(c3ccc(F)cc3)C(=O)N(c3ccccc3)C2=O)cc1Cl. The van der Waals surface area contributed by atoms with Gasteiger partial charge in [0.1, 0.15) is 11.5 Å². The molecule has 0 radical (unpaired) electrons. The van der Waals surface area contributed by atoms with Crippen LogP contribution in [0.4, 0.5) is 15.8 Å². The van der Waals surface area contributed by atoms with Gasteiger partial charge in [0.15, 0.2) is 0 Å². The molecule has 4 rings (SSSR count). The number of nitrogens with zero attached hydrogens (tertiary/aromatic N) is 1. The Hall–Kier alpha value is -3.44. The summed E-state index contributed by atoms with van der Waals surface area (Å²) in [4.78, 5) is 27.5. The summed E-state index contributed by atoms with van der Waals surface area (Å²) in [5.41, 5.74) is 2.67. The van der Waals surface area contributed by atoms with E-state index in [2.05, 4.69) is 5.32 Å². The molecule has 1 aliphatic rings. The Morgan fingerprint density at radius 1 is 0.897 bits per heavy atom. The van der Waals surface area contributed by atoms with E-state index in [9.17, 15) is 14.0 Å². The van der Waals surface area contributed by atoms with Gasteiger partial charge in [0.05, 0.1) is 11.3 Å². The van der Waals surface area contributed by atoms with Crippen molar-refractivity contribution < 1.29 is 14.0 Å². The molecule has 0 aliphatic carbocycles. The molecule has 1 heterocycles. The largest absolute Gasteiger partial charge is 0.350 e. The number of carbonyl (C=O) groups is 2. The monoisotopic (exact) mass is 406 g/mol. The molecule has 0 atom stereocenters. The van der Waals surface area contributed by atoms with Gasteiger partial charge in [-0.1, -0.05) is 48.0 Å². The molecule has 0 saturated carbocycles. The van der Waals surface area contributed by atoms with Crippen LogP contribution >= 0.6 is 11.6 Å². The van der Waals surface area contributed by atoms with Crippen LogP contribution in [0.25, 0.3) is 5.57 Å². The van der Waals surface area contributed by atoms with Crippen molar-refractivity contribution in [3.63, 3.8) is 0 Å². The van der Waals surface area contributed by atoms with E-state index in [4.69, 9.17) is 11.6 Å². The molecule has 0 bridgehead atoms. The highest BCUT2D eigenvalue weighted by Crippen LogP contribution is 2.34. The maximum Gasteiger partial charge on any atom is 0.282 e. The Kier molecular flexibility index (Phi) is 4.91. The Morgan fingerprint density at radius 3 is 2.24 bits per heavy atom. The lowest BCUT2D eigenvalue weighted by atomic mass is 10.0. The van der Waals surface area contributed by atoms with Gasteiger partial charge in [-0.15, -0.1) is 0 Å². The third-order valence-corrected chi connectivity index (χ3v) is 5.08. The van der Waals surface area contributed by atoms with Crippen molar-refractivity contribution in [2.75, 3.05) is 10.2 Å². The van der Waals surface area contributed by atoms with Crippen molar-refractivity contribution in [3.05, 3.63) is 100 Å². The maximum atomic E-state index is 13.4. The number of aryl methyl sites for hydroxylation is 1. The predicted octanol–water partition coefficient (Wildman–Crippen LogP) is 5.18. The first kappa shape index (κ1) is 18.9. The van der Waals surface area contributed by atoms with E-state index < -0.39 is 17.6 Å². The minimum absolute atomic E-state index is 0.116. The summed E-state index contributed by atoms with van der Waals surface area (Å²) in [5.74, 6) is -1.39. The van der Waals surface area contributed by atoms with E-state index >= 15 is 0 Å². The van der Waals surface area contributed by atoms with Crippen molar-refractivity contribution in [1.29, 1.82) is 0 Å². The van der Waals surface area contributed by atoms with Gasteiger partial charge < -0.3 is 5.32 Å². The molecule has 0 saturated heterocycles. The number of nitrogens with one attached hydrogen (secondary N) is 1. The van der Waals surface area contributed by atoms with E-state index in [1.165, 1.54) is 24.3 Å². The summed E-state index contributed by atoms with van der Waals surface area (Å²) in [6.45, 7) is 1.87. The summed E-state index contributed by atoms with van der Waals surface area (Å²) in [6, 6.07) is 19.4. The molecule has 0 fully saturated rings. The summed E-state index contributed by atoms with van der Waals surface area (Å²) in [5, 5.41) is 3.58. The highest BCUT2D eigenvalue weighted by Gasteiger charge is 2.40. The smallest absolute Gasteiger partial charge is 0.282 e. The Balaban J connectivity index is 1.82. The highest BCUT2D eigenvalue weighted by atomic mass is 35.5. The molecule has 0 spiro atoms. The Labute approximate surface area is 172 Å². The van der Waals surface area contributed by atoms with Crippen molar-refractivity contribution in [3.8, 4) is 0 Å². The normalized spacial score (nSPS) is 14.0. The lowest BCUT2D eigenvalue weighted by molar-refractivity contribution is -0.120. The van der Waals surface area contributed by atoms with Gasteiger partial charge in [-0.3, -0.25) is 9.59 Å². The van der Waals surface area contributed by atoms with Crippen LogP contribution in [0, 0.1) is 12.7 Å². The molecule has 0 unspecified atom stereocenters. The molecule has 1 aliphatic heterocycles. The van der Waals surface area contributed by atoms with Gasteiger partial charge in [-0.05, 0) is 54.4 Å². The van der Waals surface area contributed by atoms with Gasteiger partial charge in [-0.25, -0.2) is 9.29 Å². The van der Waals surface area contributed by atoms with Crippen LogP contribution in [0.2, 0.25) is 5.02 Å². The number of para-hydroxylation sites is 1. The summed E-state index contributed by atoms with van der Waals surface area (Å²) in [7, 11) is 0. The third kappa shape index (κ3) is 3.52. The number of halogens is 2. The van der Waals surface area contributed by atoms with Crippen LogP contribution < -0.4 is 10.2 Å². The second-order valence-electron chi connectivity index (χ2n) is 6.63. The van der Waals surface area contributed by atoms with Gasteiger partial charge in [-0.2, -0.15) is 0 Å². The topological polar surface area (TPSA) is 49.4 Å². The van der Waals surface area contributed by atoms with Gasteiger partial charge in [0, 0.05) is 10.7 Å². The molecule has 0 aromatic heterocycles. The van der Waals surface area contributed by atoms with E-state index in [0.29, 0.717) is 22.0 Å². The molecular weight excluding hydrogens is 391 g/mol. The van der Waals surface area contributed by atoms with E-state index in [1.807, 2.05) is 13.0 Å². The zero-order chi connectivity index (χ0) is 20.5. The zero-order valence-corrected chi connectivity index (χ0v) is 16.2. The zero-order valence-electron chi connectivity index (χ0n) is 15.4. The van der Waals surface area contributed by atoms with Crippen LogP contribution in [0.1, 0.15) is 11.1 Å². The van der Waals surface area contributed by atoms with Gasteiger partial charge in [0.2, 0.25) is 0 Å². The number of benzene rings is 3. The maximum absolute atomic E-state index is 13.4. The minimum atomic E-state index is -0.489. The number of anilines is 2. The molecule has 6 heteroatoms. The lowest BCUT2D eigenvalue weighted by Gasteiger charge is -2.15. The Bertz CT molecular complexity index is 1140. The van der Waals surface area contributed by atoms with Crippen LogP contribution in [-0.4, -0.2) is 11.8 Å². The van der Waals surface area contributed by atoms with Gasteiger partial charge >= 0.3 is 0 Å². The fourth-order valence-corrected chi connectivity index (χ4v) is 3.34. The van der Waals surface area contributed by atoms with Crippen molar-refractivity contribution in [1.82, 2.24) is 0 Å². The first-order valence-corrected chi connectivity index (χ1v) is 9.31. The average Bonchev–Trinajstić information content (AvgIpc) is 2.96. The lowest BCUT2D eigenvalue weighted by Crippen LogP contribution is -2.32. The third-order valence-electron chi connectivity index (χ3n) is 4.67. The molecule has 29 heavy (non-hydrogen) atoms.